The molecule has 0 amide bonds. The van der Waals surface area contributed by atoms with Crippen LogP contribution in [0.4, 0.5) is 17.3 Å². The van der Waals surface area contributed by atoms with Gasteiger partial charge in [-0.3, -0.25) is 4.90 Å². The van der Waals surface area contributed by atoms with Crippen LogP contribution in [0.5, 0.6) is 0 Å². The lowest BCUT2D eigenvalue weighted by Gasteiger charge is -2.30. The van der Waals surface area contributed by atoms with Crippen molar-refractivity contribution in [2.45, 2.75) is 33.4 Å². The van der Waals surface area contributed by atoms with Gasteiger partial charge in [0, 0.05) is 35.9 Å². The zero-order chi connectivity index (χ0) is 18.7. The topological polar surface area (TPSA) is 58.3 Å². The molecule has 0 saturated heterocycles. The van der Waals surface area contributed by atoms with Gasteiger partial charge >= 0.3 is 0 Å². The Hall–Kier alpha value is -3.15. The van der Waals surface area contributed by atoms with E-state index >= 15 is 0 Å². The summed E-state index contributed by atoms with van der Waals surface area (Å²) in [4.78, 5) is 18.2. The highest BCUT2D eigenvalue weighted by Crippen LogP contribution is 2.46. The molecule has 1 atom stereocenters. The predicted octanol–water partition coefficient (Wildman–Crippen LogP) is 4.71. The molecule has 0 radical (unpaired) electrons. The highest BCUT2D eigenvalue weighted by atomic mass is 16.3. The van der Waals surface area contributed by atoms with Gasteiger partial charge in [-0.1, -0.05) is 19.1 Å². The highest BCUT2D eigenvalue weighted by molar-refractivity contribution is 6.09. The van der Waals surface area contributed by atoms with Crippen LogP contribution in [0.1, 0.15) is 24.6 Å². The van der Waals surface area contributed by atoms with Crippen LogP contribution in [0.15, 0.2) is 41.1 Å². The minimum absolute atomic E-state index is 0.134. The van der Waals surface area contributed by atoms with Crippen LogP contribution < -0.4 is 9.80 Å². The van der Waals surface area contributed by atoms with Crippen LogP contribution in [-0.2, 0) is 0 Å². The quantitative estimate of drug-likeness (QED) is 0.516. The summed E-state index contributed by atoms with van der Waals surface area (Å²) in [6.45, 7) is 6.27. The smallest absolute Gasteiger partial charge is 0.227 e. The standard InChI is InChI=1S/C21H21N5O/c1-5-16-25(4)19-20(23-11-10-22-19)26(16)17-12(2)6-8-14-15-9-7-13(3)24-21(15)27-18(14)17/h6-11,16H,5H2,1-4H3. The Labute approximate surface area is 157 Å². The number of pyridine rings is 1. The lowest BCUT2D eigenvalue weighted by atomic mass is 10.1. The first-order valence-electron chi connectivity index (χ1n) is 9.22. The third-order valence-electron chi connectivity index (χ3n) is 5.40. The van der Waals surface area contributed by atoms with E-state index in [1.54, 1.807) is 12.4 Å². The van der Waals surface area contributed by atoms with Gasteiger partial charge in [0.15, 0.2) is 17.2 Å². The van der Waals surface area contributed by atoms with Crippen molar-refractivity contribution >= 4 is 39.4 Å². The normalized spacial score (nSPS) is 16.5. The van der Waals surface area contributed by atoms with Crippen LogP contribution in [-0.4, -0.2) is 28.2 Å². The summed E-state index contributed by atoms with van der Waals surface area (Å²) >= 11 is 0. The number of nitrogens with zero attached hydrogens (tertiary/aromatic N) is 5. The number of aromatic nitrogens is 3. The van der Waals surface area contributed by atoms with Gasteiger partial charge in [0.1, 0.15) is 6.17 Å². The number of furan rings is 1. The molecule has 0 aliphatic carbocycles. The molecule has 4 heterocycles. The second-order valence-electron chi connectivity index (χ2n) is 7.09. The molecule has 0 fully saturated rings. The summed E-state index contributed by atoms with van der Waals surface area (Å²) < 4.78 is 6.28. The van der Waals surface area contributed by atoms with Gasteiger partial charge in [-0.15, -0.1) is 0 Å². The van der Waals surface area contributed by atoms with Crippen molar-refractivity contribution in [1.82, 2.24) is 15.0 Å². The van der Waals surface area contributed by atoms with Crippen molar-refractivity contribution in [1.29, 1.82) is 0 Å². The number of aryl methyl sites for hydroxylation is 2. The number of hydrogen-bond donors (Lipinski definition) is 0. The lowest BCUT2D eigenvalue weighted by molar-refractivity contribution is 0.626. The van der Waals surface area contributed by atoms with E-state index in [9.17, 15) is 0 Å². The molecule has 27 heavy (non-hydrogen) atoms. The lowest BCUT2D eigenvalue weighted by Crippen LogP contribution is -2.38. The fourth-order valence-corrected chi connectivity index (χ4v) is 4.11. The fraction of sp³-hybridized carbons (Fsp3) is 0.286. The van der Waals surface area contributed by atoms with Crippen molar-refractivity contribution in [3.63, 3.8) is 0 Å². The maximum Gasteiger partial charge on any atom is 0.227 e. The molecular weight excluding hydrogens is 338 g/mol. The third-order valence-corrected chi connectivity index (χ3v) is 5.40. The van der Waals surface area contributed by atoms with Crippen molar-refractivity contribution in [3.8, 4) is 0 Å². The van der Waals surface area contributed by atoms with Gasteiger partial charge in [0.2, 0.25) is 5.71 Å². The molecule has 3 aromatic heterocycles. The molecule has 1 aromatic carbocycles. The maximum absolute atomic E-state index is 6.28. The minimum Gasteiger partial charge on any atom is -0.435 e. The van der Waals surface area contributed by atoms with E-state index in [1.165, 1.54) is 0 Å². The number of benzene rings is 1. The SMILES string of the molecule is CCC1N(C)c2nccnc2N1c1c(C)ccc2c1oc1nc(C)ccc12. The summed E-state index contributed by atoms with van der Waals surface area (Å²) in [5.41, 5.74) is 4.67. The molecule has 1 aliphatic heterocycles. The van der Waals surface area contributed by atoms with E-state index in [0.717, 1.165) is 51.4 Å². The Morgan fingerprint density at radius 1 is 1.00 bits per heavy atom. The van der Waals surface area contributed by atoms with E-state index in [2.05, 4.69) is 63.8 Å². The molecule has 1 unspecified atom stereocenters. The first-order valence-corrected chi connectivity index (χ1v) is 9.22. The molecular formula is C21H21N5O. The monoisotopic (exact) mass is 359 g/mol. The average molecular weight is 359 g/mol. The van der Waals surface area contributed by atoms with E-state index in [0.29, 0.717) is 5.71 Å². The van der Waals surface area contributed by atoms with Crippen molar-refractivity contribution in [2.24, 2.45) is 0 Å². The first-order chi connectivity index (χ1) is 13.1. The molecule has 5 rings (SSSR count). The van der Waals surface area contributed by atoms with Gasteiger partial charge in [-0.25, -0.2) is 15.0 Å². The minimum atomic E-state index is 0.134. The van der Waals surface area contributed by atoms with E-state index in [-0.39, 0.29) is 6.17 Å². The van der Waals surface area contributed by atoms with Crippen LogP contribution in [0.2, 0.25) is 0 Å². The fourth-order valence-electron chi connectivity index (χ4n) is 4.11. The zero-order valence-electron chi connectivity index (χ0n) is 15.9. The van der Waals surface area contributed by atoms with Crippen molar-refractivity contribution in [3.05, 3.63) is 47.9 Å². The molecule has 136 valence electrons. The molecule has 1 aliphatic rings. The summed E-state index contributed by atoms with van der Waals surface area (Å²) in [6, 6.07) is 8.38. The van der Waals surface area contributed by atoms with Gasteiger partial charge in [-0.05, 0) is 38.0 Å². The van der Waals surface area contributed by atoms with Crippen LogP contribution in [0.3, 0.4) is 0 Å². The Bertz CT molecular complexity index is 1180. The number of fused-ring (bicyclic) bond motifs is 4. The second kappa shape index (κ2) is 5.67. The van der Waals surface area contributed by atoms with Gasteiger partial charge in [0.05, 0.1) is 5.69 Å². The molecule has 4 aromatic rings. The molecule has 0 saturated carbocycles. The average Bonchev–Trinajstić information content (AvgIpc) is 3.16. The molecule has 0 N–H and O–H groups in total. The zero-order valence-corrected chi connectivity index (χ0v) is 15.9. The Kier molecular flexibility index (Phi) is 3.37. The van der Waals surface area contributed by atoms with Crippen molar-refractivity contribution in [2.75, 3.05) is 16.8 Å². The Balaban J connectivity index is 1.84. The van der Waals surface area contributed by atoms with Gasteiger partial charge < -0.3 is 9.32 Å². The van der Waals surface area contributed by atoms with Crippen LogP contribution in [0, 0.1) is 13.8 Å². The summed E-state index contributed by atoms with van der Waals surface area (Å²) in [7, 11) is 2.07. The second-order valence-corrected chi connectivity index (χ2v) is 7.09. The summed E-state index contributed by atoms with van der Waals surface area (Å²) in [6.07, 6.45) is 4.56. The predicted molar refractivity (Wildman–Crippen MR) is 108 cm³/mol. The molecule has 6 heteroatoms. The largest absolute Gasteiger partial charge is 0.435 e. The van der Waals surface area contributed by atoms with Gasteiger partial charge in [0.25, 0.3) is 0 Å². The molecule has 6 nitrogen and oxygen atoms in total. The van der Waals surface area contributed by atoms with Crippen LogP contribution in [0.25, 0.3) is 22.1 Å². The molecule has 0 bridgehead atoms. The highest BCUT2D eigenvalue weighted by Gasteiger charge is 2.38. The van der Waals surface area contributed by atoms with E-state index in [1.807, 2.05) is 13.0 Å². The van der Waals surface area contributed by atoms with Crippen LogP contribution >= 0.6 is 0 Å². The summed E-state index contributed by atoms with van der Waals surface area (Å²) in [5, 5.41) is 2.12. The maximum atomic E-state index is 6.28. The number of hydrogen-bond acceptors (Lipinski definition) is 6. The van der Waals surface area contributed by atoms with Gasteiger partial charge in [-0.2, -0.15) is 0 Å². The Morgan fingerprint density at radius 3 is 2.52 bits per heavy atom. The van der Waals surface area contributed by atoms with E-state index < -0.39 is 0 Å². The number of rotatable bonds is 2. The summed E-state index contributed by atoms with van der Waals surface area (Å²) in [5.74, 6) is 1.76. The Morgan fingerprint density at radius 2 is 1.74 bits per heavy atom. The van der Waals surface area contributed by atoms with Crippen molar-refractivity contribution < 1.29 is 4.42 Å². The number of anilines is 3. The molecule has 0 spiro atoms. The first kappa shape index (κ1) is 16.1. The third kappa shape index (κ3) is 2.16. The van der Waals surface area contributed by atoms with E-state index in [4.69, 9.17) is 4.42 Å².